The average molecular weight is 501 g/mol. The predicted molar refractivity (Wildman–Crippen MR) is 122 cm³/mol. The lowest BCUT2D eigenvalue weighted by molar-refractivity contribution is 1.000. The van der Waals surface area contributed by atoms with E-state index in [1.165, 1.54) is 16.7 Å². The zero-order valence-electron chi connectivity index (χ0n) is 14.2. The van der Waals surface area contributed by atoms with Crippen molar-refractivity contribution < 1.29 is 0 Å². The Hall–Kier alpha value is 1.61. The second-order valence-electron chi connectivity index (χ2n) is 6.81. The summed E-state index contributed by atoms with van der Waals surface area (Å²) in [6, 6.07) is 9.11. The van der Waals surface area contributed by atoms with E-state index in [2.05, 4.69) is 18.2 Å². The van der Waals surface area contributed by atoms with Crippen LogP contribution in [0.5, 0.6) is 0 Å². The number of hydrogen-bond donors (Lipinski definition) is 0. The van der Waals surface area contributed by atoms with Crippen LogP contribution in [0, 0.1) is 0 Å². The first-order valence-electron chi connectivity index (χ1n) is 7.99. The van der Waals surface area contributed by atoms with Crippen molar-refractivity contribution in [3.05, 3.63) is 34.9 Å². The molecule has 24 heavy (non-hydrogen) atoms. The maximum Gasteiger partial charge on any atom is 0.248 e. The molecule has 0 aliphatic carbocycles. The zero-order chi connectivity index (χ0) is 18.6. The van der Waals surface area contributed by atoms with Crippen LogP contribution in [-0.4, -0.2) is 20.1 Å². The highest BCUT2D eigenvalue weighted by molar-refractivity contribution is 7.45. The molecule has 0 atom stereocenters. The van der Waals surface area contributed by atoms with Gasteiger partial charge < -0.3 is 0 Å². The Morgan fingerprint density at radius 2 is 1.04 bits per heavy atom. The van der Waals surface area contributed by atoms with Gasteiger partial charge in [-0.15, -0.1) is 66.5 Å². The summed E-state index contributed by atoms with van der Waals surface area (Å²) in [5.41, 5.74) is 3.85. The van der Waals surface area contributed by atoms with Gasteiger partial charge in [-0.3, -0.25) is 0 Å². The minimum atomic E-state index is -2.12. The van der Waals surface area contributed by atoms with Crippen molar-refractivity contribution in [1.82, 2.24) is 0 Å². The van der Waals surface area contributed by atoms with Gasteiger partial charge in [0.25, 0.3) is 0 Å². The summed E-state index contributed by atoms with van der Waals surface area (Å²) < 4.78 is 0. The van der Waals surface area contributed by atoms with Gasteiger partial charge in [0, 0.05) is 0 Å². The van der Waals surface area contributed by atoms with E-state index in [4.69, 9.17) is 66.5 Å². The Morgan fingerprint density at radius 3 is 1.50 bits per heavy atom. The van der Waals surface area contributed by atoms with Crippen LogP contribution in [0.1, 0.15) is 16.7 Å². The van der Waals surface area contributed by atoms with E-state index in [9.17, 15) is 0 Å². The summed E-state index contributed by atoms with van der Waals surface area (Å²) in [5, 5.41) is 0. The number of rotatable bonds is 9. The first-order chi connectivity index (χ1) is 10.8. The standard InChI is InChI=1S/C15H24Cl6Si3/c1-22(16,17)9-6-13-4-5-14(7-10-23(2,18)19)15(12-13)8-11-24(3,20)21/h4-5,12H,6-11H2,1-3H3. The highest BCUT2D eigenvalue weighted by atomic mass is 35.7. The maximum atomic E-state index is 6.29. The summed E-state index contributed by atoms with van der Waals surface area (Å²) in [6.07, 6.45) is 2.68. The van der Waals surface area contributed by atoms with Gasteiger partial charge in [-0.2, -0.15) is 0 Å². The Morgan fingerprint density at radius 1 is 0.625 bits per heavy atom. The van der Waals surface area contributed by atoms with Crippen molar-refractivity contribution in [2.24, 2.45) is 0 Å². The highest BCUT2D eigenvalue weighted by Crippen LogP contribution is 2.29. The van der Waals surface area contributed by atoms with Crippen molar-refractivity contribution in [2.45, 2.75) is 57.0 Å². The molecule has 0 N–H and O–H groups in total. The van der Waals surface area contributed by atoms with Crippen LogP contribution in [0.2, 0.25) is 37.8 Å². The molecule has 0 aliphatic heterocycles. The molecule has 0 spiro atoms. The van der Waals surface area contributed by atoms with Crippen molar-refractivity contribution in [3.8, 4) is 0 Å². The van der Waals surface area contributed by atoms with Gasteiger partial charge in [0.1, 0.15) is 0 Å². The van der Waals surface area contributed by atoms with Crippen LogP contribution >= 0.6 is 66.5 Å². The molecule has 0 saturated carbocycles. The van der Waals surface area contributed by atoms with Crippen molar-refractivity contribution in [2.75, 3.05) is 0 Å². The Balaban J connectivity index is 2.92. The molecule has 1 aromatic carbocycles. The molecule has 0 nitrogen and oxygen atoms in total. The van der Waals surface area contributed by atoms with Crippen LogP contribution in [0.4, 0.5) is 0 Å². The fourth-order valence-electron chi connectivity index (χ4n) is 2.38. The molecule has 0 bridgehead atoms. The van der Waals surface area contributed by atoms with Gasteiger partial charge in [0.2, 0.25) is 20.1 Å². The average Bonchev–Trinajstić information content (AvgIpc) is 2.39. The van der Waals surface area contributed by atoms with Gasteiger partial charge >= 0.3 is 0 Å². The van der Waals surface area contributed by atoms with E-state index in [1.54, 1.807) is 0 Å². The Labute approximate surface area is 177 Å². The lowest BCUT2D eigenvalue weighted by atomic mass is 9.99. The lowest BCUT2D eigenvalue weighted by Crippen LogP contribution is -2.16. The summed E-state index contributed by atoms with van der Waals surface area (Å²) in [5.74, 6) is 0. The SMILES string of the molecule is C[Si](Cl)(Cl)CCc1ccc(CC[Si](C)(Cl)Cl)c(CC[Si](C)(Cl)Cl)c1. The zero-order valence-corrected chi connectivity index (χ0v) is 21.8. The van der Waals surface area contributed by atoms with Crippen molar-refractivity contribution >= 4 is 86.6 Å². The summed E-state index contributed by atoms with van der Waals surface area (Å²) >= 11 is 37.5. The lowest BCUT2D eigenvalue weighted by Gasteiger charge is -2.17. The normalized spacial score (nSPS) is 13.4. The minimum Gasteiger partial charge on any atom is -0.146 e. The van der Waals surface area contributed by atoms with Crippen LogP contribution in [0.3, 0.4) is 0 Å². The fourth-order valence-corrected chi connectivity index (χ4v) is 6.23. The largest absolute Gasteiger partial charge is 0.248 e. The van der Waals surface area contributed by atoms with E-state index in [0.717, 1.165) is 37.4 Å². The summed E-state index contributed by atoms with van der Waals surface area (Å²) in [7, 11) is 0. The van der Waals surface area contributed by atoms with Crippen molar-refractivity contribution in [1.29, 1.82) is 0 Å². The molecule has 0 aliphatic rings. The third kappa shape index (κ3) is 11.4. The quantitative estimate of drug-likeness (QED) is 0.238. The second kappa shape index (κ2) is 9.70. The van der Waals surface area contributed by atoms with Crippen LogP contribution < -0.4 is 0 Å². The molecule has 0 saturated heterocycles. The predicted octanol–water partition coefficient (Wildman–Crippen LogP) is 7.96. The first kappa shape index (κ1) is 23.6. The molecule has 0 aromatic heterocycles. The van der Waals surface area contributed by atoms with Crippen LogP contribution in [0.25, 0.3) is 0 Å². The molecule has 9 heteroatoms. The molecule has 0 radical (unpaired) electrons. The second-order valence-corrected chi connectivity index (χ2v) is 31.5. The Bertz CT molecular complexity index is 531. The smallest absolute Gasteiger partial charge is 0.146 e. The van der Waals surface area contributed by atoms with E-state index in [1.807, 2.05) is 19.6 Å². The first-order valence-corrected chi connectivity index (χ1v) is 22.2. The number of hydrogen-bond acceptors (Lipinski definition) is 0. The number of halogens is 6. The minimum absolute atomic E-state index is 0.834. The van der Waals surface area contributed by atoms with Crippen LogP contribution in [-0.2, 0) is 19.3 Å². The maximum absolute atomic E-state index is 6.29. The molecule has 0 unspecified atom stereocenters. The summed E-state index contributed by atoms with van der Waals surface area (Å²) in [6.45, 7) is -0.439. The molecule has 138 valence electrons. The Kier molecular flexibility index (Phi) is 9.56. The molecular formula is C15H24Cl6Si3. The number of benzene rings is 1. The third-order valence-corrected chi connectivity index (χ3v) is 10.6. The van der Waals surface area contributed by atoms with Gasteiger partial charge in [-0.25, -0.2) is 0 Å². The molecule has 1 rings (SSSR count). The molecule has 0 amide bonds. The highest BCUT2D eigenvalue weighted by Gasteiger charge is 2.24. The van der Waals surface area contributed by atoms with Gasteiger partial charge in [-0.05, 0) is 73.7 Å². The van der Waals surface area contributed by atoms with Gasteiger partial charge in [0.05, 0.1) is 0 Å². The monoisotopic (exact) mass is 498 g/mol. The molecule has 0 fully saturated rings. The van der Waals surface area contributed by atoms with Gasteiger partial charge in [0.15, 0.2) is 0 Å². The summed E-state index contributed by atoms with van der Waals surface area (Å²) in [4.78, 5) is 0. The van der Waals surface area contributed by atoms with E-state index >= 15 is 0 Å². The fraction of sp³-hybridized carbons (Fsp3) is 0.600. The van der Waals surface area contributed by atoms with Crippen molar-refractivity contribution in [3.63, 3.8) is 0 Å². The topological polar surface area (TPSA) is 0 Å². The molecule has 1 aromatic rings. The van der Waals surface area contributed by atoms with Crippen LogP contribution in [0.15, 0.2) is 18.2 Å². The van der Waals surface area contributed by atoms with Gasteiger partial charge in [-0.1, -0.05) is 18.2 Å². The number of aryl methyl sites for hydroxylation is 3. The molecular weight excluding hydrogens is 477 g/mol. The van der Waals surface area contributed by atoms with E-state index < -0.39 is 20.1 Å². The van der Waals surface area contributed by atoms with E-state index in [-0.39, 0.29) is 0 Å². The molecule has 0 heterocycles. The third-order valence-electron chi connectivity index (χ3n) is 3.79. The van der Waals surface area contributed by atoms with E-state index in [0.29, 0.717) is 0 Å².